The number of carbonyl (C=O) groups excluding carboxylic acids is 1. The summed E-state index contributed by atoms with van der Waals surface area (Å²) in [4.78, 5) is 11.0. The van der Waals surface area contributed by atoms with Crippen LogP contribution in [-0.2, 0) is 13.1 Å². The zero-order valence-electron chi connectivity index (χ0n) is 11.3. The van der Waals surface area contributed by atoms with Gasteiger partial charge in [-0.25, -0.2) is 0 Å². The van der Waals surface area contributed by atoms with Crippen LogP contribution < -0.4 is 11.1 Å². The number of hydrogen-bond acceptors (Lipinski definition) is 3. The van der Waals surface area contributed by atoms with Gasteiger partial charge in [-0.05, 0) is 35.4 Å². The number of primary amides is 1. The number of hydrogen-bond donors (Lipinski definition) is 2. The van der Waals surface area contributed by atoms with Gasteiger partial charge in [0.1, 0.15) is 0 Å². The number of nitrogens with one attached hydrogen (secondary N) is 1. The number of amides is 1. The molecule has 106 valence electrons. The summed E-state index contributed by atoms with van der Waals surface area (Å²) in [5, 5.41) is 12.5. The van der Waals surface area contributed by atoms with Gasteiger partial charge in [-0.15, -0.1) is 0 Å². The normalized spacial score (nSPS) is 10.1. The second-order valence-electron chi connectivity index (χ2n) is 4.58. The summed E-state index contributed by atoms with van der Waals surface area (Å²) in [5.74, 6) is -0.492. The Balaban J connectivity index is 1.94. The van der Waals surface area contributed by atoms with Crippen molar-refractivity contribution in [3.63, 3.8) is 0 Å². The van der Waals surface area contributed by atoms with Crippen molar-refractivity contribution in [2.45, 2.75) is 13.1 Å². The highest BCUT2D eigenvalue weighted by molar-refractivity contribution is 6.31. The van der Waals surface area contributed by atoms with Gasteiger partial charge in [0, 0.05) is 23.7 Å². The Morgan fingerprint density at radius 2 is 1.90 bits per heavy atom. The predicted molar refractivity (Wildman–Crippen MR) is 81.7 cm³/mol. The van der Waals surface area contributed by atoms with Crippen LogP contribution in [0, 0.1) is 11.3 Å². The van der Waals surface area contributed by atoms with Gasteiger partial charge in [-0.2, -0.15) is 5.26 Å². The van der Waals surface area contributed by atoms with Crippen LogP contribution in [0.15, 0.2) is 42.5 Å². The molecule has 1 amide bonds. The Morgan fingerprint density at radius 1 is 1.19 bits per heavy atom. The maximum Gasteiger partial charge on any atom is 0.248 e. The number of halogens is 1. The summed E-state index contributed by atoms with van der Waals surface area (Å²) < 4.78 is 0. The molecule has 0 aliphatic heterocycles. The third kappa shape index (κ3) is 4.06. The van der Waals surface area contributed by atoms with Gasteiger partial charge < -0.3 is 11.1 Å². The van der Waals surface area contributed by atoms with Crippen molar-refractivity contribution in [1.82, 2.24) is 5.32 Å². The lowest BCUT2D eigenvalue weighted by Gasteiger charge is -2.08. The standard InChI is InChI=1S/C16H14ClN3O/c17-15-7-13(16(19)21)5-6-14(15)10-20-9-12-3-1-11(8-18)2-4-12/h1-7,20H,9-10H2,(H2,19,21). The maximum atomic E-state index is 11.0. The van der Waals surface area contributed by atoms with E-state index in [9.17, 15) is 4.79 Å². The van der Waals surface area contributed by atoms with Crippen LogP contribution in [0.2, 0.25) is 5.02 Å². The maximum absolute atomic E-state index is 11.0. The van der Waals surface area contributed by atoms with Crippen molar-refractivity contribution in [3.8, 4) is 6.07 Å². The van der Waals surface area contributed by atoms with E-state index in [0.29, 0.717) is 29.2 Å². The minimum atomic E-state index is -0.492. The van der Waals surface area contributed by atoms with Gasteiger partial charge in [-0.3, -0.25) is 4.79 Å². The summed E-state index contributed by atoms with van der Waals surface area (Å²) in [7, 11) is 0. The molecule has 2 rings (SSSR count). The second-order valence-corrected chi connectivity index (χ2v) is 4.99. The van der Waals surface area contributed by atoms with Crippen LogP contribution in [0.1, 0.15) is 27.0 Å². The smallest absolute Gasteiger partial charge is 0.248 e. The third-order valence-electron chi connectivity index (χ3n) is 3.07. The zero-order valence-corrected chi connectivity index (χ0v) is 12.0. The lowest BCUT2D eigenvalue weighted by molar-refractivity contribution is 0.100. The number of carbonyl (C=O) groups is 1. The van der Waals surface area contributed by atoms with Gasteiger partial charge in [0.05, 0.1) is 11.6 Å². The van der Waals surface area contributed by atoms with Crippen LogP contribution in [-0.4, -0.2) is 5.91 Å². The lowest BCUT2D eigenvalue weighted by Crippen LogP contribution is -2.14. The molecule has 2 aromatic carbocycles. The molecule has 4 nitrogen and oxygen atoms in total. The highest BCUT2D eigenvalue weighted by atomic mass is 35.5. The minimum absolute atomic E-state index is 0.399. The van der Waals surface area contributed by atoms with E-state index in [1.165, 1.54) is 0 Å². The van der Waals surface area contributed by atoms with Crippen LogP contribution >= 0.6 is 11.6 Å². The molecular formula is C16H14ClN3O. The molecule has 0 aliphatic carbocycles. The zero-order chi connectivity index (χ0) is 15.2. The van der Waals surface area contributed by atoms with Crippen molar-refractivity contribution in [2.24, 2.45) is 5.73 Å². The van der Waals surface area contributed by atoms with Crippen LogP contribution in [0.25, 0.3) is 0 Å². The summed E-state index contributed by atoms with van der Waals surface area (Å²) in [6.07, 6.45) is 0. The summed E-state index contributed by atoms with van der Waals surface area (Å²) in [6, 6.07) is 14.5. The highest BCUT2D eigenvalue weighted by Gasteiger charge is 2.05. The highest BCUT2D eigenvalue weighted by Crippen LogP contribution is 2.17. The Kier molecular flexibility index (Phi) is 4.94. The molecule has 3 N–H and O–H groups in total. The third-order valence-corrected chi connectivity index (χ3v) is 3.42. The van der Waals surface area contributed by atoms with Crippen molar-refractivity contribution in [3.05, 3.63) is 69.7 Å². The van der Waals surface area contributed by atoms with E-state index in [-0.39, 0.29) is 0 Å². The molecule has 0 atom stereocenters. The molecular weight excluding hydrogens is 286 g/mol. The number of rotatable bonds is 5. The second kappa shape index (κ2) is 6.89. The molecule has 0 heterocycles. The molecule has 5 heteroatoms. The van der Waals surface area contributed by atoms with Gasteiger partial charge in [0.2, 0.25) is 5.91 Å². The van der Waals surface area contributed by atoms with Gasteiger partial charge in [-0.1, -0.05) is 29.8 Å². The molecule has 0 saturated carbocycles. The first-order chi connectivity index (χ1) is 10.1. The summed E-state index contributed by atoms with van der Waals surface area (Å²) >= 11 is 6.11. The van der Waals surface area contributed by atoms with Gasteiger partial charge in [0.15, 0.2) is 0 Å². The molecule has 2 aromatic rings. The Labute approximate surface area is 128 Å². The fraction of sp³-hybridized carbons (Fsp3) is 0.125. The van der Waals surface area contributed by atoms with E-state index in [4.69, 9.17) is 22.6 Å². The fourth-order valence-corrected chi connectivity index (χ4v) is 2.13. The van der Waals surface area contributed by atoms with Crippen molar-refractivity contribution in [2.75, 3.05) is 0 Å². The van der Waals surface area contributed by atoms with Crippen LogP contribution in [0.5, 0.6) is 0 Å². The average molecular weight is 300 g/mol. The molecule has 0 saturated heterocycles. The molecule has 21 heavy (non-hydrogen) atoms. The molecule has 0 aliphatic rings. The first kappa shape index (κ1) is 15.0. The van der Waals surface area contributed by atoms with E-state index in [1.807, 2.05) is 12.1 Å². The fourth-order valence-electron chi connectivity index (χ4n) is 1.88. The molecule has 0 fully saturated rings. The van der Waals surface area contributed by atoms with Crippen LogP contribution in [0.4, 0.5) is 0 Å². The van der Waals surface area contributed by atoms with Crippen molar-refractivity contribution in [1.29, 1.82) is 5.26 Å². The SMILES string of the molecule is N#Cc1ccc(CNCc2ccc(C(N)=O)cc2Cl)cc1. The van der Waals surface area contributed by atoms with E-state index in [1.54, 1.807) is 30.3 Å². The largest absolute Gasteiger partial charge is 0.366 e. The first-order valence-electron chi connectivity index (χ1n) is 6.38. The Hall–Kier alpha value is -2.35. The monoisotopic (exact) mass is 299 g/mol. The Bertz CT molecular complexity index is 690. The topological polar surface area (TPSA) is 78.9 Å². The molecule has 0 unspecified atom stereocenters. The number of benzene rings is 2. The first-order valence-corrected chi connectivity index (χ1v) is 6.76. The molecule has 0 aromatic heterocycles. The average Bonchev–Trinajstić information content (AvgIpc) is 2.49. The van der Waals surface area contributed by atoms with Crippen LogP contribution in [0.3, 0.4) is 0 Å². The van der Waals surface area contributed by atoms with E-state index >= 15 is 0 Å². The number of nitriles is 1. The number of nitrogens with two attached hydrogens (primary N) is 1. The van der Waals surface area contributed by atoms with Gasteiger partial charge in [0.25, 0.3) is 0 Å². The summed E-state index contributed by atoms with van der Waals surface area (Å²) in [6.45, 7) is 1.25. The molecule has 0 bridgehead atoms. The van der Waals surface area contributed by atoms with Gasteiger partial charge >= 0.3 is 0 Å². The minimum Gasteiger partial charge on any atom is -0.366 e. The Morgan fingerprint density at radius 3 is 2.48 bits per heavy atom. The van der Waals surface area contributed by atoms with E-state index < -0.39 is 5.91 Å². The molecule has 0 radical (unpaired) electrons. The van der Waals surface area contributed by atoms with Crippen molar-refractivity contribution < 1.29 is 4.79 Å². The summed E-state index contributed by atoms with van der Waals surface area (Å²) in [5.41, 5.74) is 8.22. The van der Waals surface area contributed by atoms with E-state index in [0.717, 1.165) is 11.1 Å². The number of nitrogens with zero attached hydrogens (tertiary/aromatic N) is 1. The predicted octanol–water partition coefficient (Wildman–Crippen LogP) is 2.60. The van der Waals surface area contributed by atoms with Crippen molar-refractivity contribution >= 4 is 17.5 Å². The lowest BCUT2D eigenvalue weighted by atomic mass is 10.1. The quantitative estimate of drug-likeness (QED) is 0.890. The van der Waals surface area contributed by atoms with E-state index in [2.05, 4.69) is 11.4 Å². The molecule has 0 spiro atoms.